The summed E-state index contributed by atoms with van der Waals surface area (Å²) >= 11 is 1.61. The SMILES string of the molecule is CSCc1ccc(F)cc1C=CC(=O)O. The number of carbonyl (C=O) groups is 1. The summed E-state index contributed by atoms with van der Waals surface area (Å²) in [7, 11) is 0. The first-order valence-corrected chi connectivity index (χ1v) is 5.71. The van der Waals surface area contributed by atoms with Gasteiger partial charge in [0.25, 0.3) is 0 Å². The smallest absolute Gasteiger partial charge is 0.328 e. The number of hydrogen-bond acceptors (Lipinski definition) is 2. The van der Waals surface area contributed by atoms with Crippen LogP contribution in [-0.2, 0) is 10.5 Å². The van der Waals surface area contributed by atoms with E-state index in [9.17, 15) is 9.18 Å². The average molecular weight is 226 g/mol. The second kappa shape index (κ2) is 5.56. The molecule has 0 aliphatic rings. The quantitative estimate of drug-likeness (QED) is 0.802. The third-order valence-electron chi connectivity index (χ3n) is 1.81. The van der Waals surface area contributed by atoms with Crippen molar-refractivity contribution in [1.29, 1.82) is 0 Å². The van der Waals surface area contributed by atoms with Crippen molar-refractivity contribution in [2.75, 3.05) is 6.26 Å². The van der Waals surface area contributed by atoms with Gasteiger partial charge in [0.1, 0.15) is 5.82 Å². The maximum Gasteiger partial charge on any atom is 0.328 e. The molecule has 1 rings (SSSR count). The molecule has 0 aliphatic carbocycles. The number of thioether (sulfide) groups is 1. The molecule has 0 heterocycles. The third-order valence-corrected chi connectivity index (χ3v) is 2.41. The van der Waals surface area contributed by atoms with Gasteiger partial charge in [-0.3, -0.25) is 0 Å². The molecule has 0 aromatic heterocycles. The first kappa shape index (κ1) is 11.8. The van der Waals surface area contributed by atoms with Gasteiger partial charge in [-0.15, -0.1) is 0 Å². The Labute approximate surface area is 91.8 Å². The Bertz CT molecular complexity index is 388. The molecule has 15 heavy (non-hydrogen) atoms. The molecule has 0 amide bonds. The van der Waals surface area contributed by atoms with Gasteiger partial charge in [0.2, 0.25) is 0 Å². The Morgan fingerprint density at radius 3 is 2.93 bits per heavy atom. The summed E-state index contributed by atoms with van der Waals surface area (Å²) in [5.41, 5.74) is 1.55. The van der Waals surface area contributed by atoms with Crippen LogP contribution in [0.4, 0.5) is 4.39 Å². The first-order valence-electron chi connectivity index (χ1n) is 4.32. The maximum atomic E-state index is 12.9. The minimum Gasteiger partial charge on any atom is -0.478 e. The van der Waals surface area contributed by atoms with E-state index in [1.807, 2.05) is 6.26 Å². The first-order chi connectivity index (χ1) is 7.13. The Kier molecular flexibility index (Phi) is 4.37. The lowest BCUT2D eigenvalue weighted by Crippen LogP contribution is -1.90. The molecule has 0 saturated carbocycles. The van der Waals surface area contributed by atoms with Crippen LogP contribution in [0.2, 0.25) is 0 Å². The van der Waals surface area contributed by atoms with Gasteiger partial charge in [-0.05, 0) is 35.6 Å². The van der Waals surface area contributed by atoms with Crippen LogP contribution in [0.1, 0.15) is 11.1 Å². The average Bonchev–Trinajstić information content (AvgIpc) is 2.18. The summed E-state index contributed by atoms with van der Waals surface area (Å²) in [6.45, 7) is 0. The Morgan fingerprint density at radius 1 is 1.60 bits per heavy atom. The van der Waals surface area contributed by atoms with Crippen LogP contribution in [0.5, 0.6) is 0 Å². The summed E-state index contributed by atoms with van der Waals surface area (Å²) in [5, 5.41) is 8.48. The van der Waals surface area contributed by atoms with Gasteiger partial charge in [-0.2, -0.15) is 11.8 Å². The lowest BCUT2D eigenvalue weighted by atomic mass is 10.1. The van der Waals surface area contributed by atoms with E-state index < -0.39 is 5.97 Å². The fraction of sp³-hybridized carbons (Fsp3) is 0.182. The summed E-state index contributed by atoms with van der Waals surface area (Å²) in [4.78, 5) is 10.3. The van der Waals surface area contributed by atoms with E-state index in [2.05, 4.69) is 0 Å². The molecule has 0 saturated heterocycles. The van der Waals surface area contributed by atoms with Crippen molar-refractivity contribution in [2.24, 2.45) is 0 Å². The maximum absolute atomic E-state index is 12.9. The zero-order chi connectivity index (χ0) is 11.3. The van der Waals surface area contributed by atoms with Crippen LogP contribution in [0, 0.1) is 5.82 Å². The van der Waals surface area contributed by atoms with Gasteiger partial charge in [-0.25, -0.2) is 9.18 Å². The van der Waals surface area contributed by atoms with E-state index in [1.54, 1.807) is 17.8 Å². The Hall–Kier alpha value is -1.29. The molecule has 1 N–H and O–H groups in total. The molecule has 0 unspecified atom stereocenters. The van der Waals surface area contributed by atoms with Gasteiger partial charge in [0.15, 0.2) is 0 Å². The number of hydrogen-bond donors (Lipinski definition) is 1. The van der Waals surface area contributed by atoms with Crippen molar-refractivity contribution in [3.05, 3.63) is 41.2 Å². The normalized spacial score (nSPS) is 10.8. The zero-order valence-corrected chi connectivity index (χ0v) is 9.05. The van der Waals surface area contributed by atoms with Crippen molar-refractivity contribution >= 4 is 23.8 Å². The Morgan fingerprint density at radius 2 is 2.33 bits per heavy atom. The highest BCUT2D eigenvalue weighted by molar-refractivity contribution is 7.97. The van der Waals surface area contributed by atoms with Crippen LogP contribution < -0.4 is 0 Å². The topological polar surface area (TPSA) is 37.3 Å². The lowest BCUT2D eigenvalue weighted by Gasteiger charge is -2.03. The predicted molar refractivity (Wildman–Crippen MR) is 60.3 cm³/mol. The minimum atomic E-state index is -1.03. The molecule has 80 valence electrons. The molecule has 0 spiro atoms. The predicted octanol–water partition coefficient (Wildman–Crippen LogP) is 2.79. The fourth-order valence-corrected chi connectivity index (χ4v) is 1.74. The van der Waals surface area contributed by atoms with Crippen molar-refractivity contribution in [1.82, 2.24) is 0 Å². The van der Waals surface area contributed by atoms with Gasteiger partial charge >= 0.3 is 5.97 Å². The van der Waals surface area contributed by atoms with Crippen molar-refractivity contribution in [3.63, 3.8) is 0 Å². The largest absolute Gasteiger partial charge is 0.478 e. The van der Waals surface area contributed by atoms with Crippen LogP contribution in [0.3, 0.4) is 0 Å². The Balaban J connectivity index is 3.01. The van der Waals surface area contributed by atoms with E-state index in [4.69, 9.17) is 5.11 Å². The highest BCUT2D eigenvalue weighted by Gasteiger charge is 2.01. The van der Waals surface area contributed by atoms with Crippen LogP contribution >= 0.6 is 11.8 Å². The van der Waals surface area contributed by atoms with Gasteiger partial charge in [-0.1, -0.05) is 6.07 Å². The molecule has 1 aromatic carbocycles. The van der Waals surface area contributed by atoms with Crippen LogP contribution in [0.15, 0.2) is 24.3 Å². The molecular weight excluding hydrogens is 215 g/mol. The summed E-state index contributed by atoms with van der Waals surface area (Å²) in [5.74, 6) is -0.654. The van der Waals surface area contributed by atoms with E-state index in [0.29, 0.717) is 5.56 Å². The molecule has 0 radical (unpaired) electrons. The molecule has 1 aromatic rings. The monoisotopic (exact) mass is 226 g/mol. The van der Waals surface area contributed by atoms with Gasteiger partial charge in [0.05, 0.1) is 0 Å². The minimum absolute atomic E-state index is 0.357. The second-order valence-corrected chi connectivity index (χ2v) is 3.81. The molecular formula is C11H11FO2S. The number of benzene rings is 1. The van der Waals surface area contributed by atoms with E-state index in [-0.39, 0.29) is 5.82 Å². The number of aliphatic carboxylic acids is 1. The molecule has 0 aliphatic heterocycles. The summed E-state index contributed by atoms with van der Waals surface area (Å²) in [6.07, 6.45) is 4.36. The van der Waals surface area contributed by atoms with Gasteiger partial charge < -0.3 is 5.11 Å². The summed E-state index contributed by atoms with van der Waals surface area (Å²) in [6, 6.07) is 4.39. The van der Waals surface area contributed by atoms with Crippen molar-refractivity contribution < 1.29 is 14.3 Å². The van der Waals surface area contributed by atoms with Crippen molar-refractivity contribution in [3.8, 4) is 0 Å². The molecule has 4 heteroatoms. The summed E-state index contributed by atoms with van der Waals surface area (Å²) < 4.78 is 12.9. The number of carboxylic acid groups (broad SMARTS) is 1. The van der Waals surface area contributed by atoms with E-state index >= 15 is 0 Å². The number of halogens is 1. The van der Waals surface area contributed by atoms with E-state index in [0.717, 1.165) is 17.4 Å². The lowest BCUT2D eigenvalue weighted by molar-refractivity contribution is -0.131. The molecule has 0 atom stereocenters. The molecule has 2 nitrogen and oxygen atoms in total. The van der Waals surface area contributed by atoms with Crippen LogP contribution in [-0.4, -0.2) is 17.3 Å². The highest BCUT2D eigenvalue weighted by Crippen LogP contribution is 2.17. The zero-order valence-electron chi connectivity index (χ0n) is 8.24. The number of carboxylic acids is 1. The van der Waals surface area contributed by atoms with Crippen LogP contribution in [0.25, 0.3) is 6.08 Å². The van der Waals surface area contributed by atoms with E-state index in [1.165, 1.54) is 18.2 Å². The molecule has 0 fully saturated rings. The second-order valence-electron chi connectivity index (χ2n) is 2.95. The highest BCUT2D eigenvalue weighted by atomic mass is 32.2. The standard InChI is InChI=1S/C11H11FO2S/c1-15-7-9-2-4-10(12)6-8(9)3-5-11(13)14/h2-6H,7H2,1H3,(H,13,14). The third kappa shape index (κ3) is 3.75. The van der Waals surface area contributed by atoms with Gasteiger partial charge in [0, 0.05) is 11.8 Å². The van der Waals surface area contributed by atoms with Crippen molar-refractivity contribution in [2.45, 2.75) is 5.75 Å². The fourth-order valence-electron chi connectivity index (χ4n) is 1.17. The molecule has 0 bridgehead atoms. The number of rotatable bonds is 4.